The van der Waals surface area contributed by atoms with E-state index in [2.05, 4.69) is 6.92 Å². The van der Waals surface area contributed by atoms with Crippen molar-refractivity contribution in [3.05, 3.63) is 34.3 Å². The molecular weight excluding hydrogens is 277 g/mol. The van der Waals surface area contributed by atoms with Crippen LogP contribution in [0.15, 0.2) is 18.2 Å². The molecule has 0 aliphatic carbocycles. The number of alkyl halides is 3. The number of ether oxygens (including phenoxy) is 1. The maximum absolute atomic E-state index is 12.7. The fourth-order valence-corrected chi connectivity index (χ4v) is 2.83. The number of hydrogen-bond donors (Lipinski definition) is 0. The fraction of sp³-hybridized carbons (Fsp3) is 0.571. The van der Waals surface area contributed by atoms with E-state index in [0.717, 1.165) is 18.6 Å². The lowest BCUT2D eigenvalue weighted by Crippen LogP contribution is -2.17. The van der Waals surface area contributed by atoms with E-state index in [0.29, 0.717) is 17.9 Å². The summed E-state index contributed by atoms with van der Waals surface area (Å²) in [5.41, 5.74) is -0.125. The van der Waals surface area contributed by atoms with Crippen molar-refractivity contribution in [3.8, 4) is 0 Å². The minimum absolute atomic E-state index is 0.0328. The molecule has 5 heteroatoms. The zero-order valence-corrected chi connectivity index (χ0v) is 11.6. The van der Waals surface area contributed by atoms with Crippen molar-refractivity contribution >= 4 is 11.6 Å². The molecular formula is C14H16ClF3O. The highest BCUT2D eigenvalue weighted by molar-refractivity contribution is 6.30. The highest BCUT2D eigenvalue weighted by Crippen LogP contribution is 2.34. The van der Waals surface area contributed by atoms with Gasteiger partial charge in [-0.2, -0.15) is 13.2 Å². The molecule has 1 aliphatic heterocycles. The zero-order chi connectivity index (χ0) is 14.2. The molecule has 0 N–H and O–H groups in total. The molecule has 0 unspecified atom stereocenters. The summed E-state index contributed by atoms with van der Waals surface area (Å²) in [6.07, 6.45) is -2.82. The van der Waals surface area contributed by atoms with Crippen LogP contribution in [0.5, 0.6) is 0 Å². The molecule has 2 rings (SSSR count). The molecule has 1 aromatic carbocycles. The van der Waals surface area contributed by atoms with Crippen LogP contribution < -0.4 is 0 Å². The van der Waals surface area contributed by atoms with Crippen molar-refractivity contribution in [2.45, 2.75) is 45.1 Å². The van der Waals surface area contributed by atoms with E-state index in [4.69, 9.17) is 16.3 Å². The van der Waals surface area contributed by atoms with Gasteiger partial charge in [-0.1, -0.05) is 18.5 Å². The van der Waals surface area contributed by atoms with Gasteiger partial charge in [0.15, 0.2) is 0 Å². The Bertz CT molecular complexity index is 458. The normalized spacial score (nSPS) is 27.8. The van der Waals surface area contributed by atoms with Gasteiger partial charge in [-0.3, -0.25) is 0 Å². The summed E-state index contributed by atoms with van der Waals surface area (Å²) in [4.78, 5) is 0. The Hall–Kier alpha value is -0.740. The SMILES string of the molecule is C[C@@H]1C[C@H](C)O[C@@H]1Cc1cc(Cl)cc(C(F)(F)F)c1. The Morgan fingerprint density at radius 2 is 1.95 bits per heavy atom. The molecule has 0 amide bonds. The maximum Gasteiger partial charge on any atom is 0.416 e. The van der Waals surface area contributed by atoms with Crippen molar-refractivity contribution in [3.63, 3.8) is 0 Å². The van der Waals surface area contributed by atoms with Gasteiger partial charge in [0.25, 0.3) is 0 Å². The third-order valence-corrected chi connectivity index (χ3v) is 3.69. The van der Waals surface area contributed by atoms with Crippen LogP contribution in [0, 0.1) is 5.92 Å². The van der Waals surface area contributed by atoms with Gasteiger partial charge in [0.1, 0.15) is 0 Å². The lowest BCUT2D eigenvalue weighted by Gasteiger charge is -2.16. The Labute approximate surface area is 115 Å². The molecule has 1 aliphatic rings. The van der Waals surface area contributed by atoms with E-state index in [1.807, 2.05) is 6.92 Å². The molecule has 0 radical (unpaired) electrons. The highest BCUT2D eigenvalue weighted by atomic mass is 35.5. The molecule has 0 aromatic heterocycles. The predicted octanol–water partition coefficient (Wildman–Crippen LogP) is 4.71. The van der Waals surface area contributed by atoms with Crippen LogP contribution in [-0.2, 0) is 17.3 Å². The molecule has 1 heterocycles. The van der Waals surface area contributed by atoms with Crippen LogP contribution in [-0.4, -0.2) is 12.2 Å². The topological polar surface area (TPSA) is 9.23 Å². The van der Waals surface area contributed by atoms with Crippen molar-refractivity contribution in [1.29, 1.82) is 0 Å². The van der Waals surface area contributed by atoms with Gasteiger partial charge in [0.05, 0.1) is 17.8 Å². The molecule has 1 aromatic rings. The van der Waals surface area contributed by atoms with E-state index >= 15 is 0 Å². The molecule has 106 valence electrons. The predicted molar refractivity (Wildman–Crippen MR) is 68.3 cm³/mol. The van der Waals surface area contributed by atoms with Crippen molar-refractivity contribution in [2.75, 3.05) is 0 Å². The van der Waals surface area contributed by atoms with Gasteiger partial charge in [0.2, 0.25) is 0 Å². The first-order valence-corrected chi connectivity index (χ1v) is 6.65. The van der Waals surface area contributed by atoms with Gasteiger partial charge in [-0.05, 0) is 49.4 Å². The summed E-state index contributed by atoms with van der Waals surface area (Å²) in [6, 6.07) is 3.69. The molecule has 0 bridgehead atoms. The lowest BCUT2D eigenvalue weighted by atomic mass is 9.95. The van der Waals surface area contributed by atoms with Crippen molar-refractivity contribution < 1.29 is 17.9 Å². The van der Waals surface area contributed by atoms with Crippen molar-refractivity contribution in [1.82, 2.24) is 0 Å². The summed E-state index contributed by atoms with van der Waals surface area (Å²) >= 11 is 5.77. The Morgan fingerprint density at radius 1 is 1.26 bits per heavy atom. The van der Waals surface area contributed by atoms with Gasteiger partial charge in [-0.25, -0.2) is 0 Å². The summed E-state index contributed by atoms with van der Waals surface area (Å²) < 4.78 is 43.8. The van der Waals surface area contributed by atoms with Crippen molar-refractivity contribution in [2.24, 2.45) is 5.92 Å². The van der Waals surface area contributed by atoms with E-state index in [1.54, 1.807) is 6.07 Å². The summed E-state index contributed by atoms with van der Waals surface area (Å²) in [6.45, 7) is 4.04. The largest absolute Gasteiger partial charge is 0.416 e. The first-order valence-electron chi connectivity index (χ1n) is 6.28. The molecule has 3 atom stereocenters. The average molecular weight is 293 g/mol. The van der Waals surface area contributed by atoms with Crippen LogP contribution in [0.25, 0.3) is 0 Å². The van der Waals surface area contributed by atoms with E-state index in [-0.39, 0.29) is 17.2 Å². The Balaban J connectivity index is 2.19. The molecule has 1 fully saturated rings. The van der Waals surface area contributed by atoms with E-state index in [1.165, 1.54) is 0 Å². The van der Waals surface area contributed by atoms with E-state index in [9.17, 15) is 13.2 Å². The number of benzene rings is 1. The fourth-order valence-electron chi connectivity index (χ4n) is 2.58. The Kier molecular flexibility index (Phi) is 4.11. The molecule has 1 saturated heterocycles. The number of rotatable bonds is 2. The smallest absolute Gasteiger partial charge is 0.375 e. The van der Waals surface area contributed by atoms with Crippen LogP contribution in [0.2, 0.25) is 5.02 Å². The van der Waals surface area contributed by atoms with Gasteiger partial charge in [-0.15, -0.1) is 0 Å². The van der Waals surface area contributed by atoms with Crippen LogP contribution in [0.1, 0.15) is 31.4 Å². The minimum Gasteiger partial charge on any atom is -0.375 e. The summed E-state index contributed by atoms with van der Waals surface area (Å²) in [5.74, 6) is 0.350. The second-order valence-electron chi connectivity index (χ2n) is 5.25. The third-order valence-electron chi connectivity index (χ3n) is 3.47. The van der Waals surface area contributed by atoms with Crippen LogP contribution in [0.4, 0.5) is 13.2 Å². The van der Waals surface area contributed by atoms with Crippen LogP contribution >= 0.6 is 11.6 Å². The number of hydrogen-bond acceptors (Lipinski definition) is 1. The maximum atomic E-state index is 12.7. The molecule has 19 heavy (non-hydrogen) atoms. The van der Waals surface area contributed by atoms with E-state index < -0.39 is 11.7 Å². The van der Waals surface area contributed by atoms with Gasteiger partial charge < -0.3 is 4.74 Å². The zero-order valence-electron chi connectivity index (χ0n) is 10.8. The first kappa shape index (κ1) is 14.7. The van der Waals surface area contributed by atoms with Gasteiger partial charge in [0, 0.05) is 5.02 Å². The molecule has 1 nitrogen and oxygen atoms in total. The molecule has 0 spiro atoms. The van der Waals surface area contributed by atoms with Gasteiger partial charge >= 0.3 is 6.18 Å². The monoisotopic (exact) mass is 292 g/mol. The molecule has 0 saturated carbocycles. The second-order valence-corrected chi connectivity index (χ2v) is 5.68. The minimum atomic E-state index is -4.37. The second kappa shape index (κ2) is 5.33. The Morgan fingerprint density at radius 3 is 2.47 bits per heavy atom. The lowest BCUT2D eigenvalue weighted by molar-refractivity contribution is -0.137. The average Bonchev–Trinajstić information content (AvgIpc) is 2.55. The standard InChI is InChI=1S/C14H16ClF3O/c1-8-3-9(2)19-13(8)6-10-4-11(14(16,17)18)7-12(15)5-10/h4-5,7-9,13H,3,6H2,1-2H3/t8-,9+,13-/m1/s1. The van der Waals surface area contributed by atoms with Crippen LogP contribution in [0.3, 0.4) is 0 Å². The first-order chi connectivity index (χ1) is 8.75. The third kappa shape index (κ3) is 3.63. The summed E-state index contributed by atoms with van der Waals surface area (Å²) in [5, 5.41) is 0.114. The summed E-state index contributed by atoms with van der Waals surface area (Å²) in [7, 11) is 0. The quantitative estimate of drug-likeness (QED) is 0.767. The number of halogens is 4. The highest BCUT2D eigenvalue weighted by Gasteiger charge is 2.33.